The second kappa shape index (κ2) is 8.96. The van der Waals surface area contributed by atoms with Crippen molar-refractivity contribution in [3.63, 3.8) is 0 Å². The summed E-state index contributed by atoms with van der Waals surface area (Å²) in [5.41, 5.74) is 0.801. The zero-order chi connectivity index (χ0) is 19.1. The summed E-state index contributed by atoms with van der Waals surface area (Å²) in [6.45, 7) is 1.85. The van der Waals surface area contributed by atoms with Gasteiger partial charge in [0.05, 0.1) is 15.5 Å². The molecule has 2 rings (SSSR count). The Morgan fingerprint density at radius 2 is 1.92 bits per heavy atom. The number of rotatable bonds is 7. The number of amides is 1. The van der Waals surface area contributed by atoms with E-state index in [-0.39, 0.29) is 16.3 Å². The van der Waals surface area contributed by atoms with Crippen LogP contribution in [-0.2, 0) is 16.0 Å². The van der Waals surface area contributed by atoms with Crippen molar-refractivity contribution in [2.45, 2.75) is 19.4 Å². The highest BCUT2D eigenvalue weighted by Crippen LogP contribution is 2.23. The van der Waals surface area contributed by atoms with Gasteiger partial charge in [0.25, 0.3) is 11.6 Å². The van der Waals surface area contributed by atoms with Crippen molar-refractivity contribution in [1.82, 2.24) is 5.32 Å². The molecule has 0 aromatic heterocycles. The molecular weight excluding hydrogens is 360 g/mol. The number of nitrogens with one attached hydrogen (secondary N) is 1. The van der Waals surface area contributed by atoms with E-state index in [2.05, 4.69) is 5.32 Å². The van der Waals surface area contributed by atoms with Crippen LogP contribution in [0, 0.1) is 10.1 Å². The van der Waals surface area contributed by atoms with Gasteiger partial charge in [0.15, 0.2) is 6.10 Å². The Labute approximate surface area is 155 Å². The number of nitro benzene ring substituents is 1. The van der Waals surface area contributed by atoms with E-state index in [1.165, 1.54) is 13.0 Å². The Morgan fingerprint density at radius 3 is 2.54 bits per heavy atom. The van der Waals surface area contributed by atoms with Crippen LogP contribution in [0.5, 0.6) is 0 Å². The second-order valence-electron chi connectivity index (χ2n) is 5.50. The number of esters is 1. The first-order valence-corrected chi connectivity index (χ1v) is 8.23. The number of carbonyl (C=O) groups excluding carboxylic acids is 2. The number of carbonyl (C=O) groups is 2. The number of benzene rings is 2. The third-order valence-corrected chi connectivity index (χ3v) is 3.90. The summed E-state index contributed by atoms with van der Waals surface area (Å²) in [5.74, 6) is -1.26. The largest absolute Gasteiger partial charge is 0.449 e. The lowest BCUT2D eigenvalue weighted by Gasteiger charge is -2.14. The van der Waals surface area contributed by atoms with E-state index in [9.17, 15) is 19.7 Å². The molecule has 0 fully saturated rings. The predicted molar refractivity (Wildman–Crippen MR) is 96.1 cm³/mol. The minimum atomic E-state index is -1.02. The Morgan fingerprint density at radius 1 is 1.23 bits per heavy atom. The van der Waals surface area contributed by atoms with Gasteiger partial charge in [0.2, 0.25) is 0 Å². The highest BCUT2D eigenvalue weighted by atomic mass is 35.5. The zero-order valence-electron chi connectivity index (χ0n) is 14.0. The van der Waals surface area contributed by atoms with Crippen molar-refractivity contribution in [3.8, 4) is 0 Å². The Balaban J connectivity index is 1.87. The molecule has 0 aliphatic carbocycles. The van der Waals surface area contributed by atoms with Crippen molar-refractivity contribution in [2.75, 3.05) is 6.54 Å². The SMILES string of the molecule is CC(OC(=O)c1ccc([N+](=O)[O-])cc1Cl)C(=O)NCCc1ccccc1. The molecule has 7 nitrogen and oxygen atoms in total. The van der Waals surface area contributed by atoms with Gasteiger partial charge >= 0.3 is 5.97 Å². The Hall–Kier alpha value is -2.93. The number of hydrogen-bond acceptors (Lipinski definition) is 5. The maximum atomic E-state index is 12.1. The fourth-order valence-electron chi connectivity index (χ4n) is 2.18. The summed E-state index contributed by atoms with van der Waals surface area (Å²) in [5, 5.41) is 13.3. The topological polar surface area (TPSA) is 98.5 Å². The molecule has 1 atom stereocenters. The first kappa shape index (κ1) is 19.4. The molecule has 8 heteroatoms. The summed E-state index contributed by atoms with van der Waals surface area (Å²) in [7, 11) is 0. The third-order valence-electron chi connectivity index (χ3n) is 3.59. The van der Waals surface area contributed by atoms with Gasteiger partial charge in [-0.1, -0.05) is 41.9 Å². The van der Waals surface area contributed by atoms with Crippen LogP contribution in [0.2, 0.25) is 5.02 Å². The number of hydrogen-bond donors (Lipinski definition) is 1. The minimum Gasteiger partial charge on any atom is -0.449 e. The summed E-state index contributed by atoms with van der Waals surface area (Å²) >= 11 is 5.88. The van der Waals surface area contributed by atoms with Crippen LogP contribution in [0.1, 0.15) is 22.8 Å². The molecule has 0 spiro atoms. The summed E-state index contributed by atoms with van der Waals surface area (Å²) in [6, 6.07) is 13.0. The minimum absolute atomic E-state index is 0.0406. The lowest BCUT2D eigenvalue weighted by molar-refractivity contribution is -0.384. The molecule has 0 saturated heterocycles. The summed E-state index contributed by atoms with van der Waals surface area (Å²) in [6.07, 6.45) is -0.369. The molecule has 136 valence electrons. The van der Waals surface area contributed by atoms with Crippen LogP contribution in [0.4, 0.5) is 5.69 Å². The van der Waals surface area contributed by atoms with Crippen LogP contribution in [0.15, 0.2) is 48.5 Å². The van der Waals surface area contributed by atoms with Crippen molar-refractivity contribution in [2.24, 2.45) is 0 Å². The lowest BCUT2D eigenvalue weighted by atomic mass is 10.1. The smallest absolute Gasteiger partial charge is 0.340 e. The van der Waals surface area contributed by atoms with Gasteiger partial charge in [-0.05, 0) is 25.0 Å². The maximum Gasteiger partial charge on any atom is 0.340 e. The second-order valence-corrected chi connectivity index (χ2v) is 5.90. The highest BCUT2D eigenvalue weighted by molar-refractivity contribution is 6.33. The first-order valence-electron chi connectivity index (χ1n) is 7.85. The van der Waals surface area contributed by atoms with E-state index in [1.54, 1.807) is 0 Å². The molecule has 1 unspecified atom stereocenters. The molecule has 1 N–H and O–H groups in total. The number of non-ortho nitro benzene ring substituents is 1. The van der Waals surface area contributed by atoms with Gasteiger partial charge in [-0.3, -0.25) is 14.9 Å². The predicted octanol–water partition coefficient (Wildman–Crippen LogP) is 3.15. The van der Waals surface area contributed by atoms with Crippen LogP contribution in [0.25, 0.3) is 0 Å². The van der Waals surface area contributed by atoms with E-state index < -0.39 is 22.9 Å². The fraction of sp³-hybridized carbons (Fsp3) is 0.222. The third kappa shape index (κ3) is 5.29. The van der Waals surface area contributed by atoms with Crippen molar-refractivity contribution >= 4 is 29.2 Å². The van der Waals surface area contributed by atoms with E-state index >= 15 is 0 Å². The normalized spacial score (nSPS) is 11.5. The number of halogens is 1. The molecule has 2 aromatic rings. The van der Waals surface area contributed by atoms with Gasteiger partial charge in [0.1, 0.15) is 0 Å². The summed E-state index contributed by atoms with van der Waals surface area (Å²) < 4.78 is 5.08. The quantitative estimate of drug-likeness (QED) is 0.454. The lowest BCUT2D eigenvalue weighted by Crippen LogP contribution is -2.36. The molecule has 0 aliphatic heterocycles. The number of nitro groups is 1. The van der Waals surface area contributed by atoms with E-state index in [4.69, 9.17) is 16.3 Å². The molecule has 0 radical (unpaired) electrons. The van der Waals surface area contributed by atoms with Crippen LogP contribution >= 0.6 is 11.6 Å². The highest BCUT2D eigenvalue weighted by Gasteiger charge is 2.21. The number of ether oxygens (including phenoxy) is 1. The molecule has 0 saturated carbocycles. The molecular formula is C18H17ClN2O5. The van der Waals surface area contributed by atoms with E-state index in [0.717, 1.165) is 17.7 Å². The van der Waals surface area contributed by atoms with Crippen LogP contribution in [0.3, 0.4) is 0 Å². The molecule has 0 bridgehead atoms. The maximum absolute atomic E-state index is 12.1. The molecule has 26 heavy (non-hydrogen) atoms. The molecule has 0 heterocycles. The monoisotopic (exact) mass is 376 g/mol. The first-order chi connectivity index (χ1) is 12.4. The van der Waals surface area contributed by atoms with Crippen LogP contribution in [-0.4, -0.2) is 29.4 Å². The number of nitrogens with zero attached hydrogens (tertiary/aromatic N) is 1. The van der Waals surface area contributed by atoms with Gasteiger partial charge in [-0.2, -0.15) is 0 Å². The average molecular weight is 377 g/mol. The van der Waals surface area contributed by atoms with Gasteiger partial charge in [-0.25, -0.2) is 4.79 Å². The van der Waals surface area contributed by atoms with Gasteiger partial charge in [0, 0.05) is 18.7 Å². The Kier molecular flexibility index (Phi) is 6.68. The van der Waals surface area contributed by atoms with Crippen molar-refractivity contribution in [1.29, 1.82) is 0 Å². The van der Waals surface area contributed by atoms with Gasteiger partial charge < -0.3 is 10.1 Å². The van der Waals surface area contributed by atoms with E-state index in [1.807, 2.05) is 30.3 Å². The van der Waals surface area contributed by atoms with Crippen molar-refractivity contribution in [3.05, 3.63) is 74.8 Å². The Bertz CT molecular complexity index is 810. The van der Waals surface area contributed by atoms with Gasteiger partial charge in [-0.15, -0.1) is 0 Å². The van der Waals surface area contributed by atoms with Crippen molar-refractivity contribution < 1.29 is 19.2 Å². The standard InChI is InChI=1S/C18H17ClN2O5/c1-12(17(22)20-10-9-13-5-3-2-4-6-13)26-18(23)15-8-7-14(21(24)25)11-16(15)19/h2-8,11-12H,9-10H2,1H3,(H,20,22). The summed E-state index contributed by atoms with van der Waals surface area (Å²) in [4.78, 5) is 34.2. The molecule has 2 aromatic carbocycles. The van der Waals surface area contributed by atoms with Crippen LogP contribution < -0.4 is 5.32 Å². The fourth-order valence-corrected chi connectivity index (χ4v) is 2.43. The molecule has 1 amide bonds. The van der Waals surface area contributed by atoms with E-state index in [0.29, 0.717) is 13.0 Å². The zero-order valence-corrected chi connectivity index (χ0v) is 14.7. The molecule has 0 aliphatic rings. The average Bonchev–Trinajstić information content (AvgIpc) is 2.62.